The van der Waals surface area contributed by atoms with E-state index in [0.29, 0.717) is 156 Å². The van der Waals surface area contributed by atoms with Crippen LogP contribution in [-0.2, 0) is 25.7 Å². The first-order valence-electron chi connectivity index (χ1n) is 43.7. The Morgan fingerprint density at radius 3 is 1.17 bits per heavy atom. The lowest BCUT2D eigenvalue weighted by Crippen LogP contribution is -2.36. The van der Waals surface area contributed by atoms with Gasteiger partial charge in [0.2, 0.25) is 23.3 Å². The third kappa shape index (κ3) is 15.6. The molecule has 10 saturated carbocycles. The van der Waals surface area contributed by atoms with Gasteiger partial charge in [0.1, 0.15) is 53.2 Å². The number of hydrogen-bond donors (Lipinski definition) is 12. The molecule has 12 heterocycles. The van der Waals surface area contributed by atoms with Gasteiger partial charge in [-0.3, -0.25) is 24.2 Å². The summed E-state index contributed by atoms with van der Waals surface area (Å²) in [6.45, 7) is 8.90. The number of fused-ring (bicyclic) bond motifs is 8. The van der Waals surface area contributed by atoms with Crippen molar-refractivity contribution in [3.05, 3.63) is 175 Å². The van der Waals surface area contributed by atoms with E-state index in [1.807, 2.05) is 37.3 Å². The maximum absolute atomic E-state index is 12.4. The number of nitrogens with one attached hydrogen (secondary N) is 4. The fourth-order valence-electron chi connectivity index (χ4n) is 20.7. The number of nitrogens with zero attached hydrogens (tertiary/aromatic N) is 18. The van der Waals surface area contributed by atoms with Gasteiger partial charge in [-0.15, -0.1) is 22.7 Å². The van der Waals surface area contributed by atoms with E-state index in [-0.39, 0.29) is 58.5 Å². The van der Waals surface area contributed by atoms with Gasteiger partial charge >= 0.3 is 0 Å². The molecule has 0 radical (unpaired) electrons. The van der Waals surface area contributed by atoms with Crippen LogP contribution in [0.4, 0.5) is 23.3 Å². The number of benzene rings is 1. The number of halogens is 3. The summed E-state index contributed by atoms with van der Waals surface area (Å²) in [5, 5.41) is 100.0. The van der Waals surface area contributed by atoms with E-state index in [1.165, 1.54) is 63.2 Å². The van der Waals surface area contributed by atoms with E-state index < -0.39 is 94.7 Å². The van der Waals surface area contributed by atoms with Crippen molar-refractivity contribution in [2.24, 2.45) is 45.3 Å². The van der Waals surface area contributed by atoms with Gasteiger partial charge in [0.05, 0.1) is 126 Å². The molecule has 13 aromatic rings. The van der Waals surface area contributed by atoms with Crippen molar-refractivity contribution >= 4 is 149 Å². The highest BCUT2D eigenvalue weighted by atomic mass is 35.5. The normalized spacial score (nSPS) is 28.9. The summed E-state index contributed by atoms with van der Waals surface area (Å²) in [6, 6.07) is 16.9. The fourth-order valence-corrected chi connectivity index (χ4v) is 22.7. The lowest BCUT2D eigenvalue weighted by molar-refractivity contribution is -0.128. The highest BCUT2D eigenvalue weighted by molar-refractivity contribution is 7.17. The van der Waals surface area contributed by atoms with Crippen molar-refractivity contribution in [1.82, 2.24) is 88.0 Å². The number of hydrogen-bond acceptors (Lipinski definition) is 33. The number of ketones is 4. The molecule has 8 unspecified atom stereocenters. The van der Waals surface area contributed by atoms with Crippen LogP contribution < -0.4 is 21.3 Å². The van der Waals surface area contributed by atoms with Crippen LogP contribution in [0.15, 0.2) is 115 Å². The lowest BCUT2D eigenvalue weighted by Gasteiger charge is -2.27. The summed E-state index contributed by atoms with van der Waals surface area (Å²) in [4.78, 5) is 114. The molecule has 0 amide bonds. The number of aliphatic hydroxyl groups is 8. The van der Waals surface area contributed by atoms with E-state index >= 15 is 0 Å². The Morgan fingerprint density at radius 1 is 0.451 bits per heavy atom. The van der Waals surface area contributed by atoms with Crippen molar-refractivity contribution in [1.29, 1.82) is 0 Å². The lowest BCUT2D eigenvalue weighted by atomic mass is 9.93. The monoisotopic (exact) mass is 1890 g/mol. The minimum absolute atomic E-state index is 0.0888. The Labute approximate surface area is 781 Å². The minimum Gasteiger partial charge on any atom is -0.456 e. The second kappa shape index (κ2) is 34.7. The van der Waals surface area contributed by atoms with Crippen LogP contribution in [0.1, 0.15) is 173 Å². The van der Waals surface area contributed by atoms with Crippen molar-refractivity contribution in [3.8, 4) is 47.4 Å². The second-order valence-corrected chi connectivity index (χ2v) is 39.4. The Balaban J connectivity index is 0.000000111. The van der Waals surface area contributed by atoms with E-state index in [9.17, 15) is 60.0 Å². The van der Waals surface area contributed by atoms with Crippen LogP contribution >= 0.6 is 57.5 Å². The standard InChI is InChI=1S/C26H21Cl2N5O3S.C23H22ClN5O3S.C23H23N5O4.C21H21N7O3/c1-13(34)26-10-17(26)21(22(35)23(26)36)33-12-30-20-24(29-11-14-3-2-4-15(27)9-14)31-19(32-25(20)33)8-6-16-5-7-18(28)37-16;1-11(30)23-9-14(23)18(19(31)20(23)32)29-10-25-17-21(26-12-3-2-4-12)27-16(28-22(17)29)8-6-13-5-7-15(24)33-13;1-12(29)23-10-15(23)18(19(30)20(23)31)28-11-24-17-21(25-13-4-2-5-13)26-16(27-22(17)28)8-7-14-6-3-9-32-14;1-3-23-19-15-20(27-14(26-19)5-4-12-9-22-6-7-24-12)28(10-25-15)16-13-8-21(13,11(2)29)18(31)17(16)30/h2-5,7,9,12,17,21-23,35-36H,10-11H2,1H3,(H,29,31,32);5,7,10,12,14,18-20,31-32H,2-4,9H2,1H3,(H,26,27,28);3,6,9,11,13,15,18-20,30-31H,2,4-5,10H2,1H3,(H,25,26,27);6-7,9-10,13,16-18,30-31H,3,8H2,1-2H3,(H,23,26,27)/t17?,21-,22+,23?,26+;14?,18-,19+,20?,23+;15?,18-,19+,20?,23+;13?,16-,17+,18?,21+/m1111/s1. The zero-order valence-electron chi connectivity index (χ0n) is 71.9. The first-order valence-corrected chi connectivity index (χ1v) is 46.5. The maximum Gasteiger partial charge on any atom is 0.209 e. The number of thiophene rings is 2. The van der Waals surface area contributed by atoms with Crippen LogP contribution in [0.25, 0.3) is 44.7 Å². The topological polar surface area (TPSA) is 492 Å². The summed E-state index contributed by atoms with van der Waals surface area (Å²) < 4.78 is 13.6. The number of furan rings is 1. The average Bonchev–Trinajstić information content (AvgIpc) is 1.53. The van der Waals surface area contributed by atoms with E-state index in [2.05, 4.69) is 138 Å². The number of imidazole rings is 4. The van der Waals surface area contributed by atoms with Crippen LogP contribution in [-0.4, -0.2) is 219 Å². The van der Waals surface area contributed by atoms with E-state index in [0.717, 1.165) is 41.0 Å². The van der Waals surface area contributed by atoms with Gasteiger partial charge in [-0.25, -0.2) is 64.8 Å². The number of rotatable bonds is 17. The molecule has 12 N–H and O–H groups in total. The molecule has 40 heteroatoms. The van der Waals surface area contributed by atoms with Gasteiger partial charge in [-0.1, -0.05) is 46.9 Å². The van der Waals surface area contributed by atoms with Gasteiger partial charge in [0, 0.05) is 42.6 Å². The predicted molar refractivity (Wildman–Crippen MR) is 489 cm³/mol. The van der Waals surface area contributed by atoms with E-state index in [4.69, 9.17) is 39.2 Å². The minimum atomic E-state index is -1.14. The zero-order valence-corrected chi connectivity index (χ0v) is 75.8. The van der Waals surface area contributed by atoms with Crippen molar-refractivity contribution in [2.75, 3.05) is 27.8 Å². The molecular weight excluding hydrogens is 1800 g/mol. The summed E-state index contributed by atoms with van der Waals surface area (Å²) >= 11 is 20.9. The molecule has 680 valence electrons. The van der Waals surface area contributed by atoms with Gasteiger partial charge in [-0.05, 0) is 224 Å². The molecule has 0 aliphatic heterocycles. The molecule has 1 aromatic carbocycles. The molecule has 0 bridgehead atoms. The van der Waals surface area contributed by atoms with Crippen molar-refractivity contribution in [3.63, 3.8) is 0 Å². The molecule has 23 rings (SSSR count). The summed E-state index contributed by atoms with van der Waals surface area (Å²) in [7, 11) is 0. The van der Waals surface area contributed by atoms with Gasteiger partial charge in [0.25, 0.3) is 0 Å². The number of carbonyl (C=O) groups excluding carboxylic acids is 4. The molecular formula is C93H87Cl3N22O13S2. The Morgan fingerprint density at radius 2 is 0.835 bits per heavy atom. The Bertz CT molecular complexity index is 7120. The molecule has 35 nitrogen and oxygen atoms in total. The first-order chi connectivity index (χ1) is 64.1. The molecule has 10 fully saturated rings. The Kier molecular flexibility index (Phi) is 23.2. The molecule has 10 aliphatic rings. The third-order valence-corrected chi connectivity index (χ3v) is 30.8. The van der Waals surface area contributed by atoms with Crippen LogP contribution in [0.2, 0.25) is 13.7 Å². The summed E-state index contributed by atoms with van der Waals surface area (Å²) in [5.41, 5.74) is 2.11. The average molecular weight is 1890 g/mol. The highest BCUT2D eigenvalue weighted by Crippen LogP contribution is 2.71. The van der Waals surface area contributed by atoms with Crippen LogP contribution in [0.3, 0.4) is 0 Å². The second-order valence-electron chi connectivity index (χ2n) is 35.5. The van der Waals surface area contributed by atoms with Crippen molar-refractivity contribution in [2.45, 2.75) is 190 Å². The highest BCUT2D eigenvalue weighted by Gasteiger charge is 2.77. The largest absolute Gasteiger partial charge is 0.456 e. The number of aliphatic hydroxyl groups excluding tert-OH is 8. The Hall–Kier alpha value is -12.2. The molecule has 10 aliphatic carbocycles. The quantitative estimate of drug-likeness (QED) is 0.0379. The predicted octanol–water partition coefficient (Wildman–Crippen LogP) is 8.83. The van der Waals surface area contributed by atoms with Crippen LogP contribution in [0.5, 0.6) is 0 Å². The molecule has 20 atom stereocenters. The van der Waals surface area contributed by atoms with Crippen LogP contribution in [0, 0.1) is 92.7 Å². The number of carbonyl (C=O) groups is 4. The summed E-state index contributed by atoms with van der Waals surface area (Å²) in [6.07, 6.45) is 12.6. The molecule has 133 heavy (non-hydrogen) atoms. The molecule has 0 spiro atoms. The summed E-state index contributed by atoms with van der Waals surface area (Å²) in [5.74, 6) is 26.6. The number of Topliss-reactive ketones (excluding diaryl/α,β-unsaturated/α-hetero) is 4. The smallest absolute Gasteiger partial charge is 0.209 e. The van der Waals surface area contributed by atoms with E-state index in [1.54, 1.807) is 98.8 Å². The third-order valence-electron chi connectivity index (χ3n) is 28.3. The molecule has 12 aromatic heterocycles. The maximum atomic E-state index is 12.4. The molecule has 0 saturated heterocycles. The zero-order chi connectivity index (χ0) is 92.6. The number of aromatic nitrogens is 18. The van der Waals surface area contributed by atoms with Gasteiger partial charge < -0.3 is 84.8 Å². The van der Waals surface area contributed by atoms with Gasteiger partial charge in [0.15, 0.2) is 73.7 Å². The fraction of sp³-hybridized carbons (Fsp3) is 0.419. The van der Waals surface area contributed by atoms with Crippen molar-refractivity contribution < 1.29 is 64.4 Å². The van der Waals surface area contributed by atoms with Gasteiger partial charge in [-0.2, -0.15) is 0 Å². The first kappa shape index (κ1) is 88.8. The SMILES string of the molecule is CC(=O)[C@@]12CC1[C@@H](n1cnc3c(NC4CCC4)nc(C#Cc4ccc(Cl)s4)nc31)[C@H](O)C2O.CC(=O)[C@@]12CC1[C@@H](n1cnc3c(NC4CCC4)nc(C#Cc4ccco4)nc31)[C@H](O)C2O.CC(=O)[C@@]12CC1[C@@H](n1cnc3c(NCc4cccc(Cl)c4)nc(C#Cc4ccc(Cl)s4)nc31)[C@H](O)C2O.CCNc1nc(C#Cc2cnccn2)nc2c1ncn2[C@@H]1C2C[C@@]2(C(C)=O)C(O)[C@H]1O. The number of anilines is 4.